The third kappa shape index (κ3) is 3.17. The van der Waals surface area contributed by atoms with Crippen LogP contribution in [0, 0.1) is 0 Å². The Morgan fingerprint density at radius 3 is 2.77 bits per heavy atom. The second-order valence-corrected chi connectivity index (χ2v) is 7.00. The summed E-state index contributed by atoms with van der Waals surface area (Å²) in [7, 11) is -3.55. The van der Waals surface area contributed by atoms with Gasteiger partial charge in [-0.1, -0.05) is 17.3 Å². The lowest BCUT2D eigenvalue weighted by Crippen LogP contribution is -2.51. The molecule has 3 rings (SSSR count). The number of hydrogen-bond acceptors (Lipinski definition) is 5. The van der Waals surface area contributed by atoms with Gasteiger partial charge in [-0.3, -0.25) is 0 Å². The van der Waals surface area contributed by atoms with Gasteiger partial charge in [0.15, 0.2) is 5.76 Å². The smallest absolute Gasteiger partial charge is 0.243 e. The molecule has 6 nitrogen and oxygen atoms in total. The van der Waals surface area contributed by atoms with Crippen molar-refractivity contribution in [3.63, 3.8) is 0 Å². The van der Waals surface area contributed by atoms with E-state index in [0.29, 0.717) is 31.0 Å². The summed E-state index contributed by atoms with van der Waals surface area (Å²) >= 11 is 0. The maximum Gasteiger partial charge on any atom is 0.243 e. The zero-order valence-corrected chi connectivity index (χ0v) is 13.7. The van der Waals surface area contributed by atoms with Gasteiger partial charge in [-0.2, -0.15) is 4.31 Å². The summed E-state index contributed by atoms with van der Waals surface area (Å²) in [5, 5.41) is 6.90. The maximum atomic E-state index is 12.9. The molecule has 0 aliphatic carbocycles. The summed E-state index contributed by atoms with van der Waals surface area (Å²) in [4.78, 5) is 0.260. The molecule has 1 fully saturated rings. The van der Waals surface area contributed by atoms with E-state index >= 15 is 0 Å². The Balaban J connectivity index is 0.00000176. The first-order valence-electron chi connectivity index (χ1n) is 6.82. The Kier molecular flexibility index (Phi) is 5.23. The fraction of sp³-hybridized carbons (Fsp3) is 0.357. The summed E-state index contributed by atoms with van der Waals surface area (Å²) in [6.45, 7) is 3.57. The zero-order chi connectivity index (χ0) is 14.9. The Labute approximate surface area is 135 Å². The lowest BCUT2D eigenvalue weighted by Gasteiger charge is -2.31. The van der Waals surface area contributed by atoms with Crippen LogP contribution >= 0.6 is 12.4 Å². The molecule has 1 aromatic heterocycles. The fourth-order valence-corrected chi connectivity index (χ4v) is 4.23. The Bertz CT molecular complexity index is 719. The van der Waals surface area contributed by atoms with Gasteiger partial charge >= 0.3 is 0 Å². The van der Waals surface area contributed by atoms with Crippen LogP contribution in [0.15, 0.2) is 45.9 Å². The molecular formula is C14H18ClN3O3S. The predicted octanol–water partition coefficient (Wildman–Crippen LogP) is 1.75. The Morgan fingerprint density at radius 1 is 1.32 bits per heavy atom. The van der Waals surface area contributed by atoms with Crippen molar-refractivity contribution in [2.45, 2.75) is 17.9 Å². The van der Waals surface area contributed by atoms with Crippen molar-refractivity contribution in [2.75, 3.05) is 19.6 Å². The number of hydrogen-bond donors (Lipinski definition) is 1. The van der Waals surface area contributed by atoms with Gasteiger partial charge in [0.1, 0.15) is 0 Å². The molecule has 22 heavy (non-hydrogen) atoms. The third-order valence-electron chi connectivity index (χ3n) is 3.54. The SMILES string of the molecule is CC1CN(S(=O)(=O)c2ccccc2-c2ccno2)CCN1.Cl. The van der Waals surface area contributed by atoms with Crippen LogP contribution in [0.4, 0.5) is 0 Å². The molecule has 1 N–H and O–H groups in total. The summed E-state index contributed by atoms with van der Waals surface area (Å²) in [6, 6.07) is 8.66. The standard InChI is InChI=1S/C14H17N3O3S.ClH/c1-11-10-17(9-8-15-11)21(18,19)14-5-3-2-4-12(14)13-6-7-16-20-13;/h2-7,11,15H,8-10H2,1H3;1H. The fourth-order valence-electron chi connectivity index (χ4n) is 2.50. The van der Waals surface area contributed by atoms with Crippen LogP contribution in [-0.2, 0) is 10.0 Å². The van der Waals surface area contributed by atoms with Crippen molar-refractivity contribution < 1.29 is 12.9 Å². The number of nitrogens with one attached hydrogen (secondary N) is 1. The molecular weight excluding hydrogens is 326 g/mol. The number of rotatable bonds is 3. The van der Waals surface area contributed by atoms with Gasteiger partial charge < -0.3 is 9.84 Å². The molecule has 0 bridgehead atoms. The van der Waals surface area contributed by atoms with E-state index in [0.717, 1.165) is 0 Å². The predicted molar refractivity (Wildman–Crippen MR) is 85.4 cm³/mol. The zero-order valence-electron chi connectivity index (χ0n) is 12.1. The molecule has 8 heteroatoms. The first-order valence-corrected chi connectivity index (χ1v) is 8.26. The Hall–Kier alpha value is -1.41. The average molecular weight is 344 g/mol. The van der Waals surface area contributed by atoms with Crippen LogP contribution in [0.2, 0.25) is 0 Å². The van der Waals surface area contributed by atoms with E-state index in [4.69, 9.17) is 4.52 Å². The van der Waals surface area contributed by atoms with Crippen molar-refractivity contribution >= 4 is 22.4 Å². The number of aromatic nitrogens is 1. The number of piperazine rings is 1. The molecule has 0 saturated carbocycles. The highest BCUT2D eigenvalue weighted by Gasteiger charge is 2.30. The van der Waals surface area contributed by atoms with Gasteiger partial charge in [-0.25, -0.2) is 8.42 Å². The van der Waals surface area contributed by atoms with Gasteiger partial charge in [0, 0.05) is 37.3 Å². The molecule has 120 valence electrons. The van der Waals surface area contributed by atoms with Crippen molar-refractivity contribution in [1.29, 1.82) is 0 Å². The van der Waals surface area contributed by atoms with Gasteiger partial charge in [-0.15, -0.1) is 12.4 Å². The first-order chi connectivity index (χ1) is 10.1. The van der Waals surface area contributed by atoms with Gasteiger partial charge in [0.2, 0.25) is 10.0 Å². The molecule has 2 aromatic rings. The van der Waals surface area contributed by atoms with Crippen molar-refractivity contribution in [3.8, 4) is 11.3 Å². The van der Waals surface area contributed by atoms with Gasteiger partial charge in [0.05, 0.1) is 11.1 Å². The Morgan fingerprint density at radius 2 is 2.09 bits per heavy atom. The summed E-state index contributed by atoms with van der Waals surface area (Å²) < 4.78 is 32.4. The normalized spacial score (nSPS) is 19.6. The maximum absolute atomic E-state index is 12.9. The van der Waals surface area contributed by atoms with E-state index in [-0.39, 0.29) is 23.3 Å². The second kappa shape index (κ2) is 6.78. The van der Waals surface area contributed by atoms with Crippen LogP contribution in [0.25, 0.3) is 11.3 Å². The molecule has 0 spiro atoms. The van der Waals surface area contributed by atoms with Gasteiger partial charge in [0.25, 0.3) is 0 Å². The van der Waals surface area contributed by atoms with Crippen LogP contribution in [-0.4, -0.2) is 43.6 Å². The summed E-state index contributed by atoms with van der Waals surface area (Å²) in [6.07, 6.45) is 1.51. The van der Waals surface area contributed by atoms with Crippen LogP contribution in [0.1, 0.15) is 6.92 Å². The van der Waals surface area contributed by atoms with Crippen LogP contribution < -0.4 is 5.32 Å². The minimum Gasteiger partial charge on any atom is -0.356 e. The number of sulfonamides is 1. The van der Waals surface area contributed by atoms with Crippen LogP contribution in [0.5, 0.6) is 0 Å². The highest BCUT2D eigenvalue weighted by atomic mass is 35.5. The number of nitrogens with zero attached hydrogens (tertiary/aromatic N) is 2. The second-order valence-electron chi connectivity index (χ2n) is 5.09. The molecule has 1 aromatic carbocycles. The minimum atomic E-state index is -3.55. The van der Waals surface area contributed by atoms with Crippen molar-refractivity contribution in [3.05, 3.63) is 36.5 Å². The summed E-state index contributed by atoms with van der Waals surface area (Å²) in [5.74, 6) is 0.456. The minimum absolute atomic E-state index is 0. The lowest BCUT2D eigenvalue weighted by atomic mass is 10.2. The first kappa shape index (κ1) is 17.0. The molecule has 1 atom stereocenters. The molecule has 0 radical (unpaired) electrons. The topological polar surface area (TPSA) is 75.4 Å². The molecule has 1 aliphatic rings. The third-order valence-corrected chi connectivity index (χ3v) is 5.46. The highest BCUT2D eigenvalue weighted by Crippen LogP contribution is 2.29. The number of halogens is 1. The van der Waals surface area contributed by atoms with Crippen molar-refractivity contribution in [2.24, 2.45) is 0 Å². The average Bonchev–Trinajstić information content (AvgIpc) is 3.01. The van der Waals surface area contributed by atoms with E-state index in [1.54, 1.807) is 30.3 Å². The van der Waals surface area contributed by atoms with Crippen LogP contribution in [0.3, 0.4) is 0 Å². The molecule has 1 saturated heterocycles. The summed E-state index contributed by atoms with van der Waals surface area (Å²) in [5.41, 5.74) is 0.543. The van der Waals surface area contributed by atoms with Gasteiger partial charge in [-0.05, 0) is 19.1 Å². The molecule has 2 heterocycles. The lowest BCUT2D eigenvalue weighted by molar-refractivity contribution is 0.310. The van der Waals surface area contributed by atoms with E-state index < -0.39 is 10.0 Å². The molecule has 1 unspecified atom stereocenters. The largest absolute Gasteiger partial charge is 0.356 e. The quantitative estimate of drug-likeness (QED) is 0.918. The highest BCUT2D eigenvalue weighted by molar-refractivity contribution is 7.89. The number of benzene rings is 1. The molecule has 1 aliphatic heterocycles. The van der Waals surface area contributed by atoms with E-state index in [9.17, 15) is 8.42 Å². The van der Waals surface area contributed by atoms with E-state index in [1.807, 2.05) is 6.92 Å². The van der Waals surface area contributed by atoms with E-state index in [2.05, 4.69) is 10.5 Å². The monoisotopic (exact) mass is 343 g/mol. The van der Waals surface area contributed by atoms with E-state index in [1.165, 1.54) is 10.5 Å². The molecule has 0 amide bonds. The van der Waals surface area contributed by atoms with Crippen molar-refractivity contribution in [1.82, 2.24) is 14.8 Å².